The summed E-state index contributed by atoms with van der Waals surface area (Å²) in [6.07, 6.45) is 7.62. The van der Waals surface area contributed by atoms with E-state index in [0.717, 1.165) is 25.3 Å². The highest BCUT2D eigenvalue weighted by molar-refractivity contribution is 4.97. The predicted molar refractivity (Wildman–Crippen MR) is 48.5 cm³/mol. The molecule has 1 heterocycles. The minimum Gasteiger partial charge on any atom is -0.468 e. The number of nitrogens with zero attached hydrogens (tertiary/aromatic N) is 1. The summed E-state index contributed by atoms with van der Waals surface area (Å²) < 4.78 is 5.19. The molecule has 0 amide bonds. The van der Waals surface area contributed by atoms with E-state index in [9.17, 15) is 0 Å². The number of rotatable bonds is 4. The molecule has 0 aliphatic rings. The predicted octanol–water partition coefficient (Wildman–Crippen LogP) is 1.73. The van der Waals surface area contributed by atoms with Crippen LogP contribution in [0.4, 0.5) is 0 Å². The highest BCUT2D eigenvalue weighted by Gasteiger charge is 2.00. The summed E-state index contributed by atoms with van der Waals surface area (Å²) in [6.45, 7) is 1.74. The van der Waals surface area contributed by atoms with E-state index in [0.29, 0.717) is 0 Å². The van der Waals surface area contributed by atoms with Crippen molar-refractivity contribution >= 4 is 0 Å². The maximum atomic E-state index is 5.19. The maximum absolute atomic E-state index is 5.19. The van der Waals surface area contributed by atoms with Gasteiger partial charge in [0.05, 0.1) is 12.8 Å². The molecular formula is C10H13NO. The van der Waals surface area contributed by atoms with Gasteiger partial charge in [-0.05, 0) is 19.2 Å². The van der Waals surface area contributed by atoms with Crippen molar-refractivity contribution in [2.24, 2.45) is 0 Å². The zero-order chi connectivity index (χ0) is 8.81. The molecule has 0 aliphatic heterocycles. The number of terminal acetylenes is 1. The third kappa shape index (κ3) is 2.81. The molecule has 1 rings (SSSR count). The third-order valence-electron chi connectivity index (χ3n) is 1.64. The number of hydrogen-bond acceptors (Lipinski definition) is 2. The van der Waals surface area contributed by atoms with Crippen molar-refractivity contribution in [2.45, 2.75) is 13.0 Å². The van der Waals surface area contributed by atoms with E-state index in [1.165, 1.54) is 0 Å². The van der Waals surface area contributed by atoms with E-state index in [1.54, 1.807) is 6.26 Å². The quantitative estimate of drug-likeness (QED) is 0.628. The van der Waals surface area contributed by atoms with Crippen LogP contribution in [0.15, 0.2) is 22.8 Å². The monoisotopic (exact) mass is 163 g/mol. The molecule has 0 aliphatic carbocycles. The first-order chi connectivity index (χ1) is 5.83. The molecule has 1 aromatic rings. The Labute approximate surface area is 73.2 Å². The zero-order valence-electron chi connectivity index (χ0n) is 7.29. The lowest BCUT2D eigenvalue weighted by atomic mass is 10.3. The van der Waals surface area contributed by atoms with Gasteiger partial charge in [0.1, 0.15) is 5.76 Å². The first-order valence-electron chi connectivity index (χ1n) is 3.97. The maximum Gasteiger partial charge on any atom is 0.117 e. The molecule has 64 valence electrons. The van der Waals surface area contributed by atoms with Crippen molar-refractivity contribution in [1.82, 2.24) is 4.90 Å². The van der Waals surface area contributed by atoms with Gasteiger partial charge in [-0.25, -0.2) is 0 Å². The van der Waals surface area contributed by atoms with Crippen molar-refractivity contribution in [3.05, 3.63) is 24.2 Å². The summed E-state index contributed by atoms with van der Waals surface area (Å²) >= 11 is 0. The molecule has 0 N–H and O–H groups in total. The van der Waals surface area contributed by atoms with Gasteiger partial charge in [0.15, 0.2) is 0 Å². The van der Waals surface area contributed by atoms with Crippen molar-refractivity contribution in [3.8, 4) is 12.3 Å². The summed E-state index contributed by atoms with van der Waals surface area (Å²) in [6, 6.07) is 3.86. The van der Waals surface area contributed by atoms with Crippen LogP contribution in [-0.4, -0.2) is 18.5 Å². The molecule has 12 heavy (non-hydrogen) atoms. The lowest BCUT2D eigenvalue weighted by Crippen LogP contribution is -2.18. The van der Waals surface area contributed by atoms with E-state index >= 15 is 0 Å². The molecular weight excluding hydrogens is 150 g/mol. The van der Waals surface area contributed by atoms with E-state index in [2.05, 4.69) is 10.8 Å². The van der Waals surface area contributed by atoms with E-state index in [-0.39, 0.29) is 0 Å². The van der Waals surface area contributed by atoms with Gasteiger partial charge in [0.2, 0.25) is 0 Å². The summed E-state index contributed by atoms with van der Waals surface area (Å²) in [4.78, 5) is 2.14. The van der Waals surface area contributed by atoms with Gasteiger partial charge in [0.25, 0.3) is 0 Å². The van der Waals surface area contributed by atoms with Gasteiger partial charge in [-0.15, -0.1) is 12.3 Å². The minimum atomic E-state index is 0.789. The fraction of sp³-hybridized carbons (Fsp3) is 0.400. The number of hydrogen-bond donors (Lipinski definition) is 0. The Morgan fingerprint density at radius 2 is 2.50 bits per heavy atom. The summed E-state index contributed by atoms with van der Waals surface area (Å²) in [5, 5.41) is 0. The van der Waals surface area contributed by atoms with Crippen LogP contribution in [0.2, 0.25) is 0 Å². The van der Waals surface area contributed by atoms with Crippen LogP contribution in [0.25, 0.3) is 0 Å². The first-order valence-corrected chi connectivity index (χ1v) is 3.97. The van der Waals surface area contributed by atoms with Crippen molar-refractivity contribution in [2.75, 3.05) is 13.6 Å². The molecule has 0 spiro atoms. The molecule has 1 aromatic heterocycles. The van der Waals surface area contributed by atoms with Crippen molar-refractivity contribution in [1.29, 1.82) is 0 Å². The van der Waals surface area contributed by atoms with Gasteiger partial charge < -0.3 is 4.42 Å². The van der Waals surface area contributed by atoms with Gasteiger partial charge >= 0.3 is 0 Å². The molecule has 0 fully saturated rings. The van der Waals surface area contributed by atoms with Crippen molar-refractivity contribution < 1.29 is 4.42 Å². The Bertz CT molecular complexity index is 245. The standard InChI is InChI=1S/C10H13NO/c1-3-4-7-11(2)9-10-6-5-8-12-10/h1,5-6,8H,4,7,9H2,2H3. The Morgan fingerprint density at radius 3 is 3.08 bits per heavy atom. The normalized spacial score (nSPS) is 10.1. The molecule has 0 radical (unpaired) electrons. The van der Waals surface area contributed by atoms with E-state index in [1.807, 2.05) is 19.2 Å². The number of furan rings is 1. The third-order valence-corrected chi connectivity index (χ3v) is 1.64. The molecule has 0 bridgehead atoms. The van der Waals surface area contributed by atoms with Crippen LogP contribution in [0.1, 0.15) is 12.2 Å². The molecule has 0 saturated carbocycles. The molecule has 2 nitrogen and oxygen atoms in total. The second-order valence-corrected chi connectivity index (χ2v) is 2.77. The van der Waals surface area contributed by atoms with E-state index < -0.39 is 0 Å². The highest BCUT2D eigenvalue weighted by Crippen LogP contribution is 2.03. The average molecular weight is 163 g/mol. The van der Waals surface area contributed by atoms with Gasteiger partial charge in [-0.2, -0.15) is 0 Å². The zero-order valence-corrected chi connectivity index (χ0v) is 7.29. The fourth-order valence-electron chi connectivity index (χ4n) is 1.00. The van der Waals surface area contributed by atoms with Crippen molar-refractivity contribution in [3.63, 3.8) is 0 Å². The Morgan fingerprint density at radius 1 is 1.67 bits per heavy atom. The lowest BCUT2D eigenvalue weighted by molar-refractivity contribution is 0.301. The van der Waals surface area contributed by atoms with E-state index in [4.69, 9.17) is 10.8 Å². The van der Waals surface area contributed by atoms with Crippen LogP contribution in [0, 0.1) is 12.3 Å². The Kier molecular flexibility index (Phi) is 3.43. The first kappa shape index (κ1) is 8.89. The van der Waals surface area contributed by atoms with Crippen LogP contribution in [0.5, 0.6) is 0 Å². The molecule has 0 atom stereocenters. The largest absolute Gasteiger partial charge is 0.468 e. The summed E-state index contributed by atoms with van der Waals surface area (Å²) in [7, 11) is 2.03. The second-order valence-electron chi connectivity index (χ2n) is 2.77. The van der Waals surface area contributed by atoms with Crippen LogP contribution in [0.3, 0.4) is 0 Å². The Balaban J connectivity index is 2.28. The molecule has 0 unspecified atom stereocenters. The highest BCUT2D eigenvalue weighted by atomic mass is 16.3. The summed E-state index contributed by atoms with van der Waals surface area (Å²) in [5.74, 6) is 3.59. The fourth-order valence-corrected chi connectivity index (χ4v) is 1.00. The summed E-state index contributed by atoms with van der Waals surface area (Å²) in [5.41, 5.74) is 0. The average Bonchev–Trinajstić information content (AvgIpc) is 2.53. The van der Waals surface area contributed by atoms with Gasteiger partial charge in [-0.1, -0.05) is 0 Å². The SMILES string of the molecule is C#CCCN(C)Cc1ccco1. The van der Waals surface area contributed by atoms with Gasteiger partial charge in [0, 0.05) is 13.0 Å². The van der Waals surface area contributed by atoms with Crippen LogP contribution < -0.4 is 0 Å². The second kappa shape index (κ2) is 4.63. The molecule has 0 saturated heterocycles. The smallest absolute Gasteiger partial charge is 0.117 e. The Hall–Kier alpha value is -1.20. The molecule has 0 aromatic carbocycles. The van der Waals surface area contributed by atoms with Gasteiger partial charge in [-0.3, -0.25) is 4.90 Å². The molecule has 2 heteroatoms. The minimum absolute atomic E-state index is 0.789. The van der Waals surface area contributed by atoms with Crippen LogP contribution >= 0.6 is 0 Å². The lowest BCUT2D eigenvalue weighted by Gasteiger charge is -2.12. The van der Waals surface area contributed by atoms with Crippen LogP contribution in [-0.2, 0) is 6.54 Å². The topological polar surface area (TPSA) is 16.4 Å².